The van der Waals surface area contributed by atoms with Crippen molar-refractivity contribution in [3.63, 3.8) is 0 Å². The Balaban J connectivity index is 2.11. The summed E-state index contributed by atoms with van der Waals surface area (Å²) in [5, 5.41) is 21.3. The number of hydrogen-bond acceptors (Lipinski definition) is 4. The van der Waals surface area contributed by atoms with E-state index in [0.717, 1.165) is 5.56 Å². The molecule has 88 valence electrons. The normalized spacial score (nSPS) is 23.6. The number of nitrogens with one attached hydrogen (secondary N) is 1. The molecule has 1 aliphatic rings. The van der Waals surface area contributed by atoms with Crippen LogP contribution in [0.15, 0.2) is 24.3 Å². The number of halogens is 1. The van der Waals surface area contributed by atoms with E-state index in [2.05, 4.69) is 5.32 Å². The van der Waals surface area contributed by atoms with Crippen LogP contribution >= 0.6 is 0 Å². The summed E-state index contributed by atoms with van der Waals surface area (Å²) in [6, 6.07) is 5.91. The van der Waals surface area contributed by atoms with Crippen LogP contribution in [-0.2, 0) is 4.74 Å². The van der Waals surface area contributed by atoms with Crippen LogP contribution < -0.4 is 5.32 Å². The van der Waals surface area contributed by atoms with E-state index in [1.165, 1.54) is 12.1 Å². The van der Waals surface area contributed by atoms with Gasteiger partial charge in [0, 0.05) is 0 Å². The predicted octanol–water partition coefficient (Wildman–Crippen LogP) is 0.167. The fourth-order valence-electron chi connectivity index (χ4n) is 1.65. The van der Waals surface area contributed by atoms with Crippen molar-refractivity contribution in [2.75, 3.05) is 19.8 Å². The molecule has 0 bridgehead atoms. The maximum atomic E-state index is 12.7. The second-order valence-electron chi connectivity index (χ2n) is 3.98. The lowest BCUT2D eigenvalue weighted by Crippen LogP contribution is -2.49. The number of hydrogen-bond donors (Lipinski definition) is 3. The van der Waals surface area contributed by atoms with Gasteiger partial charge in [0.25, 0.3) is 0 Å². The molecule has 1 saturated heterocycles. The van der Waals surface area contributed by atoms with E-state index in [4.69, 9.17) is 14.9 Å². The molecule has 1 aliphatic heterocycles. The Morgan fingerprint density at radius 2 is 1.94 bits per heavy atom. The molecule has 0 saturated carbocycles. The summed E-state index contributed by atoms with van der Waals surface area (Å²) in [6.07, 6.45) is -0.417. The summed E-state index contributed by atoms with van der Waals surface area (Å²) in [4.78, 5) is 0. The summed E-state index contributed by atoms with van der Waals surface area (Å²) in [5.74, 6) is -0.308. The smallest absolute Gasteiger partial charge is 0.135 e. The van der Waals surface area contributed by atoms with Gasteiger partial charge in [-0.05, 0) is 17.7 Å². The Kier molecular flexibility index (Phi) is 3.20. The van der Waals surface area contributed by atoms with Gasteiger partial charge in [-0.1, -0.05) is 12.1 Å². The van der Waals surface area contributed by atoms with Crippen molar-refractivity contribution >= 4 is 0 Å². The topological polar surface area (TPSA) is 61.7 Å². The Bertz CT molecular complexity index is 351. The minimum absolute atomic E-state index is 0.207. The van der Waals surface area contributed by atoms with Gasteiger partial charge in [0.05, 0.1) is 25.4 Å². The monoisotopic (exact) mass is 227 g/mol. The fourth-order valence-corrected chi connectivity index (χ4v) is 1.65. The van der Waals surface area contributed by atoms with Gasteiger partial charge in [-0.2, -0.15) is 0 Å². The summed E-state index contributed by atoms with van der Waals surface area (Å²) >= 11 is 0. The minimum atomic E-state index is -0.806. The summed E-state index contributed by atoms with van der Waals surface area (Å²) in [7, 11) is 0. The maximum absolute atomic E-state index is 12.7. The molecule has 1 heterocycles. The van der Waals surface area contributed by atoms with Crippen LogP contribution in [0.25, 0.3) is 0 Å². The van der Waals surface area contributed by atoms with Gasteiger partial charge < -0.3 is 14.9 Å². The van der Waals surface area contributed by atoms with E-state index < -0.39 is 11.8 Å². The number of aliphatic hydroxyl groups is 2. The van der Waals surface area contributed by atoms with Gasteiger partial charge >= 0.3 is 0 Å². The summed E-state index contributed by atoms with van der Waals surface area (Å²) < 4.78 is 18.1. The second kappa shape index (κ2) is 4.47. The zero-order valence-electron chi connectivity index (χ0n) is 8.69. The van der Waals surface area contributed by atoms with Crippen LogP contribution in [-0.4, -0.2) is 35.6 Å². The second-order valence-corrected chi connectivity index (χ2v) is 3.98. The number of rotatable bonds is 3. The SMILES string of the molecule is OCC1(CO)COC(c2ccc(F)cc2)N1. The van der Waals surface area contributed by atoms with Gasteiger partial charge in [-0.3, -0.25) is 5.32 Å². The molecular formula is C11H14FNO3. The Morgan fingerprint density at radius 3 is 2.44 bits per heavy atom. The predicted molar refractivity (Wildman–Crippen MR) is 55.1 cm³/mol. The lowest BCUT2D eigenvalue weighted by molar-refractivity contribution is 0.0760. The molecule has 1 unspecified atom stereocenters. The zero-order chi connectivity index (χ0) is 11.6. The van der Waals surface area contributed by atoms with Crippen molar-refractivity contribution in [2.45, 2.75) is 11.8 Å². The van der Waals surface area contributed by atoms with Crippen LogP contribution in [0.5, 0.6) is 0 Å². The van der Waals surface area contributed by atoms with Crippen molar-refractivity contribution in [1.29, 1.82) is 0 Å². The molecule has 5 heteroatoms. The van der Waals surface area contributed by atoms with Crippen LogP contribution in [0.2, 0.25) is 0 Å². The number of aliphatic hydroxyl groups excluding tert-OH is 2. The van der Waals surface area contributed by atoms with Gasteiger partial charge in [-0.15, -0.1) is 0 Å². The highest BCUT2D eigenvalue weighted by molar-refractivity contribution is 5.20. The van der Waals surface area contributed by atoms with Gasteiger partial charge in [0.2, 0.25) is 0 Å². The average Bonchev–Trinajstić information content (AvgIpc) is 2.75. The van der Waals surface area contributed by atoms with E-state index in [-0.39, 0.29) is 25.6 Å². The first-order valence-corrected chi connectivity index (χ1v) is 5.06. The largest absolute Gasteiger partial charge is 0.394 e. The first kappa shape index (κ1) is 11.5. The molecule has 0 amide bonds. The van der Waals surface area contributed by atoms with Crippen molar-refractivity contribution < 1.29 is 19.3 Å². The summed E-state index contributed by atoms with van der Waals surface area (Å²) in [5.41, 5.74) is -0.0378. The highest BCUT2D eigenvalue weighted by Gasteiger charge is 2.39. The molecular weight excluding hydrogens is 213 g/mol. The Morgan fingerprint density at radius 1 is 1.31 bits per heavy atom. The van der Waals surface area contributed by atoms with Crippen LogP contribution in [0.3, 0.4) is 0 Å². The third-order valence-electron chi connectivity index (χ3n) is 2.74. The van der Waals surface area contributed by atoms with Crippen molar-refractivity contribution in [3.8, 4) is 0 Å². The van der Waals surface area contributed by atoms with E-state index in [1.807, 2.05) is 0 Å². The third kappa shape index (κ3) is 2.08. The number of ether oxygens (including phenoxy) is 1. The fraction of sp³-hybridized carbons (Fsp3) is 0.455. The minimum Gasteiger partial charge on any atom is -0.394 e. The third-order valence-corrected chi connectivity index (χ3v) is 2.74. The maximum Gasteiger partial charge on any atom is 0.135 e. The van der Waals surface area contributed by atoms with Crippen LogP contribution in [0.1, 0.15) is 11.8 Å². The Labute approximate surface area is 92.7 Å². The quantitative estimate of drug-likeness (QED) is 0.688. The van der Waals surface area contributed by atoms with Crippen LogP contribution in [0.4, 0.5) is 4.39 Å². The molecule has 0 radical (unpaired) electrons. The highest BCUT2D eigenvalue weighted by Crippen LogP contribution is 2.26. The van der Waals surface area contributed by atoms with E-state index in [1.54, 1.807) is 12.1 Å². The van der Waals surface area contributed by atoms with Gasteiger partial charge in [-0.25, -0.2) is 4.39 Å². The highest BCUT2D eigenvalue weighted by atomic mass is 19.1. The Hall–Kier alpha value is -1.01. The van der Waals surface area contributed by atoms with Crippen LogP contribution in [0, 0.1) is 5.82 Å². The van der Waals surface area contributed by atoms with E-state index in [0.29, 0.717) is 0 Å². The van der Waals surface area contributed by atoms with E-state index >= 15 is 0 Å². The first-order valence-electron chi connectivity index (χ1n) is 5.06. The molecule has 1 aromatic carbocycles. The van der Waals surface area contributed by atoms with E-state index in [9.17, 15) is 4.39 Å². The van der Waals surface area contributed by atoms with Crippen molar-refractivity contribution in [3.05, 3.63) is 35.6 Å². The lowest BCUT2D eigenvalue weighted by Gasteiger charge is -2.23. The average molecular weight is 227 g/mol. The first-order chi connectivity index (χ1) is 7.69. The van der Waals surface area contributed by atoms with Crippen molar-refractivity contribution in [1.82, 2.24) is 5.32 Å². The molecule has 0 aromatic heterocycles. The molecule has 0 spiro atoms. The molecule has 1 aromatic rings. The van der Waals surface area contributed by atoms with Gasteiger partial charge in [0.1, 0.15) is 12.0 Å². The molecule has 1 atom stereocenters. The summed E-state index contributed by atoms with van der Waals surface area (Å²) in [6.45, 7) is -0.190. The molecule has 3 N–H and O–H groups in total. The zero-order valence-corrected chi connectivity index (χ0v) is 8.69. The number of benzene rings is 1. The molecule has 0 aliphatic carbocycles. The van der Waals surface area contributed by atoms with Crippen molar-refractivity contribution in [2.24, 2.45) is 0 Å². The molecule has 4 nitrogen and oxygen atoms in total. The standard InChI is InChI=1S/C11H14FNO3/c12-9-3-1-8(2-4-9)10-13-11(5-14,6-15)7-16-10/h1-4,10,13-15H,5-7H2. The lowest BCUT2D eigenvalue weighted by atomic mass is 10.0. The molecule has 1 fully saturated rings. The van der Waals surface area contributed by atoms with Gasteiger partial charge in [0.15, 0.2) is 0 Å². The molecule has 2 rings (SSSR count). The molecule has 16 heavy (non-hydrogen) atoms.